The number of rotatable bonds is 16. The fourth-order valence-electron chi connectivity index (χ4n) is 8.45. The molecule has 1 aromatic heterocycles. The predicted octanol–water partition coefficient (Wildman–Crippen LogP) is 8.06. The first-order valence-electron chi connectivity index (χ1n) is 19.4. The molecule has 0 radical (unpaired) electrons. The normalized spacial score (nSPS) is 15.1. The van der Waals surface area contributed by atoms with Gasteiger partial charge in [0.25, 0.3) is 0 Å². The van der Waals surface area contributed by atoms with Crippen molar-refractivity contribution in [2.24, 2.45) is 0 Å². The highest BCUT2D eigenvalue weighted by atomic mass is 32.2. The summed E-state index contributed by atoms with van der Waals surface area (Å²) in [6.07, 6.45) is 8.72. The molecule has 5 aromatic carbocycles. The first-order chi connectivity index (χ1) is 27.4. The van der Waals surface area contributed by atoms with Crippen LogP contribution in [0.3, 0.4) is 0 Å². The third-order valence-corrected chi connectivity index (χ3v) is 12.0. The Morgan fingerprint density at radius 3 is 1.98 bits per heavy atom. The van der Waals surface area contributed by atoms with E-state index in [2.05, 4.69) is 166 Å². The van der Waals surface area contributed by atoms with Crippen LogP contribution in [0.1, 0.15) is 54.1 Å². The molecule has 2 heterocycles. The summed E-state index contributed by atoms with van der Waals surface area (Å²) >= 11 is 1.63. The van der Waals surface area contributed by atoms with Gasteiger partial charge in [-0.2, -0.15) is 11.8 Å². The number of esters is 1. The smallest absolute Gasteiger partial charge is 0.328 e. The van der Waals surface area contributed by atoms with Crippen molar-refractivity contribution in [2.75, 3.05) is 38.8 Å². The lowest BCUT2D eigenvalue weighted by molar-refractivity contribution is -0.146. The minimum absolute atomic E-state index is 0.0387. The monoisotopic (exact) mass is 765 g/mol. The zero-order valence-corrected chi connectivity index (χ0v) is 33.3. The average molecular weight is 766 g/mol. The highest BCUT2D eigenvalue weighted by molar-refractivity contribution is 7.98. The Morgan fingerprint density at radius 1 is 0.821 bits per heavy atom. The van der Waals surface area contributed by atoms with Crippen molar-refractivity contribution in [2.45, 2.75) is 50.0 Å². The molecule has 2 unspecified atom stereocenters. The van der Waals surface area contributed by atoms with Crippen LogP contribution in [-0.4, -0.2) is 76.0 Å². The van der Waals surface area contributed by atoms with E-state index in [1.807, 2.05) is 12.6 Å². The molecule has 9 heteroatoms. The summed E-state index contributed by atoms with van der Waals surface area (Å²) in [7, 11) is 1.37. The van der Waals surface area contributed by atoms with E-state index in [0.717, 1.165) is 64.7 Å². The number of hydrogen-bond donors (Lipinski definition) is 1. The summed E-state index contributed by atoms with van der Waals surface area (Å²) in [4.78, 5) is 37.2. The Kier molecular flexibility index (Phi) is 12.3. The van der Waals surface area contributed by atoms with Gasteiger partial charge in [0.05, 0.1) is 25.7 Å². The fraction of sp³-hybridized carbons (Fsp3) is 0.298. The summed E-state index contributed by atoms with van der Waals surface area (Å²) in [6, 6.07) is 45.8. The first-order valence-corrected chi connectivity index (χ1v) is 20.8. The number of hydrogen-bond acceptors (Lipinski definition) is 7. The molecule has 1 amide bonds. The molecule has 56 heavy (non-hydrogen) atoms. The summed E-state index contributed by atoms with van der Waals surface area (Å²) in [5.74, 6) is 0.0428. The number of benzene rings is 5. The minimum atomic E-state index is -0.814. The number of aromatic nitrogens is 2. The molecular formula is C47H51N5O3S. The molecule has 2 atom stereocenters. The second kappa shape index (κ2) is 17.7. The minimum Gasteiger partial charge on any atom is -0.467 e. The van der Waals surface area contributed by atoms with Crippen molar-refractivity contribution in [1.82, 2.24) is 24.7 Å². The van der Waals surface area contributed by atoms with Gasteiger partial charge in [-0.25, -0.2) is 9.78 Å². The molecule has 0 aliphatic carbocycles. The Balaban J connectivity index is 1.39. The van der Waals surface area contributed by atoms with E-state index in [-0.39, 0.29) is 12.5 Å². The zero-order valence-electron chi connectivity index (χ0n) is 32.5. The van der Waals surface area contributed by atoms with E-state index in [1.165, 1.54) is 7.11 Å². The van der Waals surface area contributed by atoms with Crippen molar-refractivity contribution >= 4 is 34.4 Å². The standard InChI is InChI=1S/C47H51N5O3S/c1-46(50-29-15-16-30-50,51(32-37-20-17-19-36-18-13-14-27-41(36)37)34-44(53)49-42(28-31-56-3)45(54)55-2)43-33-52(35-48-43)47(38-21-7-4-8-22-38,39-23-9-5-10-24-39)40-25-11-6-12-26-40/h4-14,17-27,33,35,42H,15-16,28-32,34H2,1-3H3,(H,49,53). The summed E-state index contributed by atoms with van der Waals surface area (Å²) in [5, 5.41) is 5.33. The first kappa shape index (κ1) is 39.0. The number of nitrogens with one attached hydrogen (secondary N) is 1. The third-order valence-electron chi connectivity index (χ3n) is 11.4. The average Bonchev–Trinajstić information content (AvgIpc) is 3.98. The molecular weight excluding hydrogens is 715 g/mol. The molecule has 0 saturated carbocycles. The lowest BCUT2D eigenvalue weighted by atomic mass is 9.76. The maximum atomic E-state index is 14.3. The van der Waals surface area contributed by atoms with Gasteiger partial charge in [-0.1, -0.05) is 133 Å². The number of fused-ring (bicyclic) bond motifs is 1. The maximum absolute atomic E-state index is 14.3. The summed E-state index contributed by atoms with van der Waals surface area (Å²) in [5.41, 5.74) is 3.71. The van der Waals surface area contributed by atoms with Gasteiger partial charge in [0.1, 0.15) is 17.2 Å². The van der Waals surface area contributed by atoms with Gasteiger partial charge in [0, 0.05) is 25.8 Å². The van der Waals surface area contributed by atoms with Gasteiger partial charge in [-0.15, -0.1) is 0 Å². The van der Waals surface area contributed by atoms with Gasteiger partial charge < -0.3 is 14.6 Å². The van der Waals surface area contributed by atoms with Crippen molar-refractivity contribution in [1.29, 1.82) is 0 Å². The van der Waals surface area contributed by atoms with E-state index in [9.17, 15) is 9.59 Å². The van der Waals surface area contributed by atoms with Gasteiger partial charge in [0.2, 0.25) is 5.91 Å². The van der Waals surface area contributed by atoms with E-state index in [0.29, 0.717) is 18.7 Å². The van der Waals surface area contributed by atoms with E-state index in [1.54, 1.807) is 11.8 Å². The van der Waals surface area contributed by atoms with E-state index < -0.39 is 23.2 Å². The number of methoxy groups -OCH3 is 1. The Bertz CT molecular complexity index is 2110. The summed E-state index contributed by atoms with van der Waals surface area (Å²) < 4.78 is 7.38. The number of nitrogens with zero attached hydrogens (tertiary/aromatic N) is 4. The third kappa shape index (κ3) is 7.76. The van der Waals surface area contributed by atoms with Crippen LogP contribution in [0.4, 0.5) is 0 Å². The van der Waals surface area contributed by atoms with Crippen molar-refractivity contribution in [3.63, 3.8) is 0 Å². The SMILES string of the molecule is COC(=O)C(CCSC)NC(=O)CN(Cc1cccc2ccccc12)C(C)(c1cn(C(c2ccccc2)(c2ccccc2)c2ccccc2)cn1)N1CCCC1. The Hall–Kier alpha value is -5.22. The fourth-order valence-corrected chi connectivity index (χ4v) is 8.92. The van der Waals surface area contributed by atoms with E-state index in [4.69, 9.17) is 9.72 Å². The zero-order chi connectivity index (χ0) is 39.0. The molecule has 1 saturated heterocycles. The quantitative estimate of drug-likeness (QED) is 0.0790. The molecule has 8 nitrogen and oxygen atoms in total. The van der Waals surface area contributed by atoms with Gasteiger partial charge >= 0.3 is 5.97 Å². The number of imidazole rings is 1. The molecule has 0 bridgehead atoms. The molecule has 0 spiro atoms. The molecule has 7 rings (SSSR count). The maximum Gasteiger partial charge on any atom is 0.328 e. The molecule has 1 aliphatic heterocycles. The number of thioether (sulfide) groups is 1. The highest BCUT2D eigenvalue weighted by Crippen LogP contribution is 2.43. The molecule has 1 N–H and O–H groups in total. The van der Waals surface area contributed by atoms with Gasteiger partial charge in [-0.05, 0) is 71.2 Å². The van der Waals surface area contributed by atoms with Crippen LogP contribution in [-0.2, 0) is 32.1 Å². The van der Waals surface area contributed by atoms with Crippen LogP contribution in [0, 0.1) is 0 Å². The van der Waals surface area contributed by atoms with Crippen molar-refractivity contribution in [3.8, 4) is 0 Å². The largest absolute Gasteiger partial charge is 0.467 e. The number of likely N-dealkylation sites (tertiary alicyclic amines) is 1. The molecule has 1 fully saturated rings. The Labute approximate surface area is 334 Å². The van der Waals surface area contributed by atoms with Crippen LogP contribution < -0.4 is 5.32 Å². The van der Waals surface area contributed by atoms with Crippen LogP contribution >= 0.6 is 11.8 Å². The second-order valence-corrected chi connectivity index (χ2v) is 15.6. The van der Waals surface area contributed by atoms with Crippen LogP contribution in [0.15, 0.2) is 146 Å². The van der Waals surface area contributed by atoms with Crippen LogP contribution in [0.25, 0.3) is 10.8 Å². The second-order valence-electron chi connectivity index (χ2n) is 14.6. The summed E-state index contributed by atoms with van der Waals surface area (Å²) in [6.45, 7) is 4.44. The van der Waals surface area contributed by atoms with Crippen molar-refractivity contribution in [3.05, 3.63) is 174 Å². The van der Waals surface area contributed by atoms with Crippen molar-refractivity contribution < 1.29 is 14.3 Å². The predicted molar refractivity (Wildman–Crippen MR) is 226 cm³/mol. The Morgan fingerprint density at radius 2 is 1.39 bits per heavy atom. The van der Waals surface area contributed by atoms with Gasteiger partial charge in [0.15, 0.2) is 0 Å². The lowest BCUT2D eigenvalue weighted by Crippen LogP contribution is -2.58. The number of amides is 1. The highest BCUT2D eigenvalue weighted by Gasteiger charge is 2.46. The number of carbonyl (C=O) groups excluding carboxylic acids is 2. The molecule has 288 valence electrons. The van der Waals surface area contributed by atoms with Crippen LogP contribution in [0.5, 0.6) is 0 Å². The van der Waals surface area contributed by atoms with Crippen LogP contribution in [0.2, 0.25) is 0 Å². The number of ether oxygens (including phenoxy) is 1. The molecule has 1 aliphatic rings. The van der Waals surface area contributed by atoms with E-state index >= 15 is 0 Å². The lowest BCUT2D eigenvalue weighted by Gasteiger charge is -2.46. The molecule has 6 aromatic rings. The van der Waals surface area contributed by atoms with Gasteiger partial charge in [-0.3, -0.25) is 14.6 Å². The number of carbonyl (C=O) groups is 2. The topological polar surface area (TPSA) is 79.7 Å².